The van der Waals surface area contributed by atoms with Crippen LogP contribution in [0.3, 0.4) is 0 Å². The van der Waals surface area contributed by atoms with Gasteiger partial charge in [-0.05, 0) is 19.4 Å². The maximum atomic E-state index is 11.1. The average Bonchev–Trinajstić information content (AvgIpc) is 2.99. The van der Waals surface area contributed by atoms with Gasteiger partial charge in [0.25, 0.3) is 0 Å². The Hall–Kier alpha value is -2.23. The molecule has 26 heavy (non-hydrogen) atoms. The lowest BCUT2D eigenvalue weighted by atomic mass is 10.2. The van der Waals surface area contributed by atoms with Gasteiger partial charge in [-0.1, -0.05) is 18.2 Å². The van der Waals surface area contributed by atoms with Crippen molar-refractivity contribution in [1.29, 1.82) is 0 Å². The number of nitrogens with two attached hydrogens (primary N) is 1. The molecule has 0 spiro atoms. The number of hydrogen-bond donors (Lipinski definition) is 3. The molecule has 0 bridgehead atoms. The monoisotopic (exact) mass is 376 g/mol. The Kier molecular flexibility index (Phi) is 6.02. The van der Waals surface area contributed by atoms with Crippen LogP contribution in [-0.2, 0) is 22.3 Å². The van der Waals surface area contributed by atoms with Crippen molar-refractivity contribution in [2.24, 2.45) is 0 Å². The number of nitrogen functional groups attached to an aromatic ring is 1. The number of para-hydroxylation sites is 1. The standard InChI is InChI=1S/C17H24N6O2S/c1-3-25-11-14-22-15-16(23(14)19-9-6-10-20-26(2)24)12-7-4-5-8-13(12)21-17(15)18/h4-5,7-8,19-20H,3,6,9-11H2,1-2H3,(H2,18,21). The van der Waals surface area contributed by atoms with Crippen LogP contribution in [-0.4, -0.2) is 44.8 Å². The zero-order valence-corrected chi connectivity index (χ0v) is 15.8. The molecule has 9 heteroatoms. The van der Waals surface area contributed by atoms with Gasteiger partial charge >= 0.3 is 0 Å². The van der Waals surface area contributed by atoms with E-state index in [0.717, 1.165) is 28.7 Å². The second-order valence-corrected chi connectivity index (χ2v) is 7.02. The number of benzene rings is 1. The van der Waals surface area contributed by atoms with Gasteiger partial charge in [-0.15, -0.1) is 0 Å². The topological polar surface area (TPSA) is 107 Å². The third-order valence-corrected chi connectivity index (χ3v) is 4.56. The lowest BCUT2D eigenvalue weighted by Gasteiger charge is -2.13. The summed E-state index contributed by atoms with van der Waals surface area (Å²) in [6.07, 6.45) is 2.44. The molecule has 0 saturated heterocycles. The van der Waals surface area contributed by atoms with Crippen LogP contribution in [0.5, 0.6) is 0 Å². The molecule has 2 heterocycles. The van der Waals surface area contributed by atoms with Gasteiger partial charge in [-0.3, -0.25) is 0 Å². The van der Waals surface area contributed by atoms with Crippen molar-refractivity contribution < 1.29 is 8.95 Å². The van der Waals surface area contributed by atoms with E-state index in [2.05, 4.69) is 20.1 Å². The van der Waals surface area contributed by atoms with Crippen molar-refractivity contribution in [3.63, 3.8) is 0 Å². The summed E-state index contributed by atoms with van der Waals surface area (Å²) in [4.78, 5) is 9.11. The highest BCUT2D eigenvalue weighted by Crippen LogP contribution is 2.28. The van der Waals surface area contributed by atoms with E-state index in [-0.39, 0.29) is 0 Å². The molecular formula is C17H24N6O2S. The molecule has 0 fully saturated rings. The number of hydrogen-bond acceptors (Lipinski definition) is 6. The van der Waals surface area contributed by atoms with Crippen LogP contribution in [0.2, 0.25) is 0 Å². The minimum absolute atomic E-state index is 0.378. The van der Waals surface area contributed by atoms with Crippen molar-refractivity contribution in [2.45, 2.75) is 20.0 Å². The number of pyridine rings is 1. The van der Waals surface area contributed by atoms with Gasteiger partial charge in [0.1, 0.15) is 17.6 Å². The summed E-state index contributed by atoms with van der Waals surface area (Å²) >= 11 is 0. The number of nitrogens with zero attached hydrogens (tertiary/aromatic N) is 3. The summed E-state index contributed by atoms with van der Waals surface area (Å²) in [5.41, 5.74) is 11.9. The van der Waals surface area contributed by atoms with E-state index in [9.17, 15) is 4.21 Å². The summed E-state index contributed by atoms with van der Waals surface area (Å²) in [6, 6.07) is 7.85. The smallest absolute Gasteiger partial charge is 0.154 e. The Labute approximate surface area is 154 Å². The van der Waals surface area contributed by atoms with E-state index in [1.54, 1.807) is 6.26 Å². The van der Waals surface area contributed by atoms with Crippen molar-refractivity contribution >= 4 is 38.7 Å². The van der Waals surface area contributed by atoms with Crippen molar-refractivity contribution in [1.82, 2.24) is 19.4 Å². The van der Waals surface area contributed by atoms with E-state index in [1.807, 2.05) is 35.9 Å². The SMILES string of the molecule is CCOCc1nc2c(N)nc3ccccc3c2n1NCCCNS(C)=O. The molecule has 4 N–H and O–H groups in total. The number of rotatable bonds is 9. The normalized spacial score (nSPS) is 12.7. The molecule has 3 rings (SSSR count). The molecule has 2 aromatic heterocycles. The summed E-state index contributed by atoms with van der Waals surface area (Å²) in [7, 11) is -1.00. The third kappa shape index (κ3) is 3.95. The molecule has 0 radical (unpaired) electrons. The van der Waals surface area contributed by atoms with Crippen molar-refractivity contribution in [2.75, 3.05) is 37.1 Å². The largest absolute Gasteiger partial charge is 0.382 e. The average molecular weight is 376 g/mol. The van der Waals surface area contributed by atoms with E-state index >= 15 is 0 Å². The number of nitrogens with one attached hydrogen (secondary N) is 2. The fourth-order valence-corrected chi connectivity index (χ4v) is 3.24. The van der Waals surface area contributed by atoms with Gasteiger partial charge in [-0.2, -0.15) is 0 Å². The summed E-state index contributed by atoms with van der Waals surface area (Å²) in [5, 5.41) is 0.979. The number of ether oxygens (including phenoxy) is 1. The minimum atomic E-state index is -1.00. The summed E-state index contributed by atoms with van der Waals surface area (Å²) in [6.45, 7) is 4.27. The summed E-state index contributed by atoms with van der Waals surface area (Å²) < 4.78 is 21.5. The fraction of sp³-hybridized carbons (Fsp3) is 0.412. The predicted octanol–water partition coefficient (Wildman–Crippen LogP) is 1.52. The predicted molar refractivity (Wildman–Crippen MR) is 106 cm³/mol. The molecule has 1 unspecified atom stereocenters. The lowest BCUT2D eigenvalue weighted by molar-refractivity contribution is 0.127. The van der Waals surface area contributed by atoms with E-state index < -0.39 is 11.0 Å². The fourth-order valence-electron chi connectivity index (χ4n) is 2.80. The van der Waals surface area contributed by atoms with E-state index in [1.165, 1.54) is 0 Å². The molecule has 1 aromatic carbocycles. The van der Waals surface area contributed by atoms with Gasteiger partial charge < -0.3 is 15.9 Å². The van der Waals surface area contributed by atoms with Gasteiger partial charge in [0.2, 0.25) is 0 Å². The van der Waals surface area contributed by atoms with Crippen LogP contribution >= 0.6 is 0 Å². The second-order valence-electron chi connectivity index (χ2n) is 5.82. The highest BCUT2D eigenvalue weighted by atomic mass is 32.2. The first-order valence-electron chi connectivity index (χ1n) is 8.56. The molecule has 0 saturated carbocycles. The maximum absolute atomic E-state index is 11.1. The Morgan fingerprint density at radius 1 is 1.27 bits per heavy atom. The van der Waals surface area contributed by atoms with Crippen LogP contribution in [0, 0.1) is 0 Å². The van der Waals surface area contributed by atoms with Gasteiger partial charge in [0.15, 0.2) is 11.6 Å². The lowest BCUT2D eigenvalue weighted by Crippen LogP contribution is -2.24. The van der Waals surface area contributed by atoms with Crippen LogP contribution in [0.25, 0.3) is 21.9 Å². The quantitative estimate of drug-likeness (QED) is 0.489. The van der Waals surface area contributed by atoms with E-state index in [0.29, 0.717) is 37.6 Å². The highest BCUT2D eigenvalue weighted by molar-refractivity contribution is 7.82. The zero-order valence-electron chi connectivity index (χ0n) is 15.0. The minimum Gasteiger partial charge on any atom is -0.382 e. The zero-order chi connectivity index (χ0) is 18.5. The van der Waals surface area contributed by atoms with Gasteiger partial charge in [0.05, 0.1) is 16.5 Å². The maximum Gasteiger partial charge on any atom is 0.154 e. The van der Waals surface area contributed by atoms with Crippen molar-refractivity contribution in [3.8, 4) is 0 Å². The number of fused-ring (bicyclic) bond motifs is 3. The second kappa shape index (κ2) is 8.43. The van der Waals surface area contributed by atoms with Crippen LogP contribution in [0.4, 0.5) is 5.82 Å². The van der Waals surface area contributed by atoms with Crippen molar-refractivity contribution in [3.05, 3.63) is 30.1 Å². The van der Waals surface area contributed by atoms with Gasteiger partial charge in [0, 0.05) is 31.3 Å². The first-order valence-corrected chi connectivity index (χ1v) is 10.1. The Morgan fingerprint density at radius 2 is 2.08 bits per heavy atom. The van der Waals surface area contributed by atoms with E-state index in [4.69, 9.17) is 10.5 Å². The molecule has 0 aliphatic carbocycles. The number of imidazole rings is 1. The first kappa shape index (κ1) is 18.6. The molecule has 0 aliphatic heterocycles. The molecule has 3 aromatic rings. The molecule has 0 aliphatic rings. The first-order chi connectivity index (χ1) is 12.6. The third-order valence-electron chi connectivity index (χ3n) is 3.95. The number of anilines is 1. The Bertz CT molecular complexity index is 926. The Balaban J connectivity index is 1.97. The number of aromatic nitrogens is 3. The van der Waals surface area contributed by atoms with Crippen LogP contribution in [0.15, 0.2) is 24.3 Å². The molecular weight excluding hydrogens is 352 g/mol. The molecule has 140 valence electrons. The van der Waals surface area contributed by atoms with Crippen LogP contribution < -0.4 is 15.9 Å². The Morgan fingerprint density at radius 3 is 2.85 bits per heavy atom. The van der Waals surface area contributed by atoms with Gasteiger partial charge in [-0.25, -0.2) is 23.6 Å². The van der Waals surface area contributed by atoms with Crippen LogP contribution in [0.1, 0.15) is 19.2 Å². The molecule has 0 amide bonds. The summed E-state index contributed by atoms with van der Waals surface area (Å²) in [5.74, 6) is 1.15. The highest BCUT2D eigenvalue weighted by Gasteiger charge is 2.17. The molecule has 1 atom stereocenters. The molecule has 8 nitrogen and oxygen atoms in total.